The molecule has 0 saturated heterocycles. The molecule has 0 radical (unpaired) electrons. The van der Waals surface area contributed by atoms with E-state index in [4.69, 9.17) is 22.6 Å². The van der Waals surface area contributed by atoms with Crippen molar-refractivity contribution in [1.29, 1.82) is 0 Å². The van der Waals surface area contributed by atoms with Crippen molar-refractivity contribution < 1.29 is 27.2 Å². The average molecular weight is 270 g/mol. The second-order valence-corrected chi connectivity index (χ2v) is 4.77. The number of aliphatic hydroxyl groups is 1. The molecule has 1 aromatic heterocycles. The van der Waals surface area contributed by atoms with Crippen molar-refractivity contribution in [2.24, 2.45) is 0 Å². The topological polar surface area (TPSA) is 98.7 Å². The zero-order chi connectivity index (χ0) is 12.8. The minimum Gasteiger partial charge on any atom is -0.396 e. The summed E-state index contributed by atoms with van der Waals surface area (Å²) in [4.78, 5) is 1.30. The van der Waals surface area contributed by atoms with Gasteiger partial charge in [0.05, 0.1) is 4.88 Å². The number of aromatic nitrogens is 1. The number of thiazole rings is 1. The van der Waals surface area contributed by atoms with E-state index in [1.807, 2.05) is 0 Å². The van der Waals surface area contributed by atoms with Gasteiger partial charge in [-0.15, -0.1) is 0 Å². The first kappa shape index (κ1) is 15.5. The third-order valence-electron chi connectivity index (χ3n) is 1.84. The van der Waals surface area contributed by atoms with E-state index in [1.54, 1.807) is 11.3 Å². The van der Waals surface area contributed by atoms with E-state index in [0.717, 1.165) is 13.0 Å². The SMILES string of the molecule is CC[n+]1csc(CCO)c1C.O=S(=O)(O)O. The van der Waals surface area contributed by atoms with Gasteiger partial charge in [0.1, 0.15) is 6.54 Å². The van der Waals surface area contributed by atoms with Crippen molar-refractivity contribution in [3.05, 3.63) is 16.1 Å². The molecule has 0 amide bonds. The molecule has 0 aliphatic rings. The fraction of sp³-hybridized carbons (Fsp3) is 0.625. The zero-order valence-corrected chi connectivity index (χ0v) is 10.8. The second kappa shape index (κ2) is 6.92. The molecule has 94 valence electrons. The van der Waals surface area contributed by atoms with Crippen LogP contribution < -0.4 is 4.57 Å². The quantitative estimate of drug-likeness (QED) is 0.540. The highest BCUT2D eigenvalue weighted by molar-refractivity contribution is 7.79. The van der Waals surface area contributed by atoms with Crippen LogP contribution in [0.25, 0.3) is 0 Å². The molecule has 0 bridgehead atoms. The molecular weight excluding hydrogens is 254 g/mol. The molecule has 3 N–H and O–H groups in total. The molecule has 16 heavy (non-hydrogen) atoms. The summed E-state index contributed by atoms with van der Waals surface area (Å²) in [7, 11) is -4.67. The van der Waals surface area contributed by atoms with Crippen LogP contribution in [0.1, 0.15) is 17.5 Å². The first-order valence-corrected chi connectivity index (χ1v) is 6.84. The maximum Gasteiger partial charge on any atom is 0.394 e. The highest BCUT2D eigenvalue weighted by atomic mass is 32.3. The highest BCUT2D eigenvalue weighted by Gasteiger charge is 2.11. The maximum absolute atomic E-state index is 8.74. The first-order chi connectivity index (χ1) is 7.29. The Labute approximate surface area is 98.8 Å². The first-order valence-electron chi connectivity index (χ1n) is 4.56. The minimum atomic E-state index is -4.67. The molecular formula is C8H16NO5S2+. The lowest BCUT2D eigenvalue weighted by molar-refractivity contribution is -0.694. The van der Waals surface area contributed by atoms with E-state index in [9.17, 15) is 0 Å². The van der Waals surface area contributed by atoms with E-state index in [2.05, 4.69) is 23.9 Å². The molecule has 0 aromatic carbocycles. The van der Waals surface area contributed by atoms with Crippen LogP contribution in [0, 0.1) is 6.92 Å². The summed E-state index contributed by atoms with van der Waals surface area (Å²) in [5.74, 6) is 0. The number of aliphatic hydroxyl groups excluding tert-OH is 1. The fourth-order valence-electron chi connectivity index (χ4n) is 1.10. The van der Waals surface area contributed by atoms with Crippen LogP contribution in [-0.2, 0) is 23.4 Å². The Morgan fingerprint density at radius 2 is 1.94 bits per heavy atom. The van der Waals surface area contributed by atoms with Gasteiger partial charge in [-0.25, -0.2) is 0 Å². The molecule has 8 heteroatoms. The van der Waals surface area contributed by atoms with Crippen LogP contribution in [0.15, 0.2) is 5.51 Å². The van der Waals surface area contributed by atoms with E-state index < -0.39 is 10.4 Å². The fourth-order valence-corrected chi connectivity index (χ4v) is 2.16. The van der Waals surface area contributed by atoms with Gasteiger partial charge in [0, 0.05) is 20.0 Å². The molecule has 1 heterocycles. The lowest BCUT2D eigenvalue weighted by Crippen LogP contribution is -2.32. The van der Waals surface area contributed by atoms with Gasteiger partial charge in [0.15, 0.2) is 5.69 Å². The Morgan fingerprint density at radius 1 is 1.44 bits per heavy atom. The summed E-state index contributed by atoms with van der Waals surface area (Å²) in [6.07, 6.45) is 0.795. The largest absolute Gasteiger partial charge is 0.396 e. The third kappa shape index (κ3) is 6.85. The van der Waals surface area contributed by atoms with Crippen molar-refractivity contribution in [1.82, 2.24) is 0 Å². The van der Waals surface area contributed by atoms with Crippen LogP contribution >= 0.6 is 11.3 Å². The third-order valence-corrected chi connectivity index (χ3v) is 2.98. The predicted octanol–water partition coefficient (Wildman–Crippen LogP) is 0.246. The van der Waals surface area contributed by atoms with Crippen LogP contribution in [0.3, 0.4) is 0 Å². The van der Waals surface area contributed by atoms with Gasteiger partial charge in [-0.2, -0.15) is 13.0 Å². The summed E-state index contributed by atoms with van der Waals surface area (Å²) < 4.78 is 33.8. The van der Waals surface area contributed by atoms with Crippen LogP contribution in [0.5, 0.6) is 0 Å². The van der Waals surface area contributed by atoms with Crippen molar-refractivity contribution in [2.75, 3.05) is 6.61 Å². The van der Waals surface area contributed by atoms with Crippen molar-refractivity contribution in [3.63, 3.8) is 0 Å². The number of hydrogen-bond donors (Lipinski definition) is 3. The molecule has 0 atom stereocenters. The monoisotopic (exact) mass is 270 g/mol. The number of nitrogens with zero attached hydrogens (tertiary/aromatic N) is 1. The van der Waals surface area contributed by atoms with Crippen molar-refractivity contribution >= 4 is 21.7 Å². The van der Waals surface area contributed by atoms with Gasteiger partial charge >= 0.3 is 10.4 Å². The lowest BCUT2D eigenvalue weighted by atomic mass is 10.3. The normalized spacial score (nSPS) is 10.8. The molecule has 0 aliphatic carbocycles. The van der Waals surface area contributed by atoms with Crippen molar-refractivity contribution in [3.8, 4) is 0 Å². The molecule has 1 aromatic rings. The molecule has 0 spiro atoms. The van der Waals surface area contributed by atoms with E-state index in [0.29, 0.717) is 0 Å². The standard InChI is InChI=1S/C8H14NOS.H2O4S/c1-3-9-6-11-8(4-5-10)7(9)2;1-5(2,3)4/h6,10H,3-5H2,1-2H3;(H2,1,2,3,4)/q+1;. The Hall–Kier alpha value is -0.540. The van der Waals surface area contributed by atoms with E-state index >= 15 is 0 Å². The number of aryl methyl sites for hydroxylation is 1. The summed E-state index contributed by atoms with van der Waals surface area (Å²) >= 11 is 1.73. The molecule has 0 saturated carbocycles. The Morgan fingerprint density at radius 3 is 2.25 bits per heavy atom. The highest BCUT2D eigenvalue weighted by Crippen LogP contribution is 2.10. The van der Waals surface area contributed by atoms with Crippen LogP contribution in [0.2, 0.25) is 0 Å². The Balaban J connectivity index is 0.000000385. The van der Waals surface area contributed by atoms with Crippen molar-refractivity contribution in [2.45, 2.75) is 26.8 Å². The van der Waals surface area contributed by atoms with E-state index in [1.165, 1.54) is 10.6 Å². The molecule has 6 nitrogen and oxygen atoms in total. The van der Waals surface area contributed by atoms with Crippen LogP contribution in [-0.4, -0.2) is 29.2 Å². The number of rotatable bonds is 3. The Kier molecular flexibility index (Phi) is 6.68. The zero-order valence-electron chi connectivity index (χ0n) is 9.12. The predicted molar refractivity (Wildman–Crippen MR) is 59.9 cm³/mol. The van der Waals surface area contributed by atoms with Gasteiger partial charge in [-0.05, 0) is 6.92 Å². The van der Waals surface area contributed by atoms with Crippen LogP contribution in [0.4, 0.5) is 0 Å². The Bertz CT molecular complexity index is 404. The van der Waals surface area contributed by atoms with Gasteiger partial charge in [-0.3, -0.25) is 9.11 Å². The summed E-state index contributed by atoms with van der Waals surface area (Å²) in [5, 5.41) is 8.72. The maximum atomic E-state index is 8.74. The lowest BCUT2D eigenvalue weighted by Gasteiger charge is -1.90. The summed E-state index contributed by atoms with van der Waals surface area (Å²) in [6.45, 7) is 5.51. The summed E-state index contributed by atoms with van der Waals surface area (Å²) in [6, 6.07) is 0. The molecule has 1 rings (SSSR count). The average Bonchev–Trinajstić information content (AvgIpc) is 2.46. The number of hydrogen-bond acceptors (Lipinski definition) is 4. The van der Waals surface area contributed by atoms with Gasteiger partial charge < -0.3 is 5.11 Å². The molecule has 0 aliphatic heterocycles. The van der Waals surface area contributed by atoms with Gasteiger partial charge in [0.2, 0.25) is 5.51 Å². The van der Waals surface area contributed by atoms with E-state index in [-0.39, 0.29) is 6.61 Å². The molecule has 0 fully saturated rings. The smallest absolute Gasteiger partial charge is 0.394 e. The molecule has 0 unspecified atom stereocenters. The second-order valence-electron chi connectivity index (χ2n) is 2.94. The van der Waals surface area contributed by atoms with Gasteiger partial charge in [-0.1, -0.05) is 11.3 Å². The minimum absolute atomic E-state index is 0.255. The summed E-state index contributed by atoms with van der Waals surface area (Å²) in [5.41, 5.74) is 3.41. The van der Waals surface area contributed by atoms with Gasteiger partial charge in [0.25, 0.3) is 0 Å².